The second-order valence-electron chi connectivity index (χ2n) is 5.35. The lowest BCUT2D eigenvalue weighted by atomic mass is 9.88. The Morgan fingerprint density at radius 3 is 2.62 bits per heavy atom. The predicted molar refractivity (Wildman–Crippen MR) is 89.4 cm³/mol. The number of nitrogens with zero attached hydrogens (tertiary/aromatic N) is 1. The Hall–Kier alpha value is -2.63. The molecule has 2 rings (SSSR count). The van der Waals surface area contributed by atoms with Gasteiger partial charge in [0.15, 0.2) is 5.78 Å². The molecule has 0 N–H and O–H groups in total. The fourth-order valence-electron chi connectivity index (χ4n) is 2.69. The van der Waals surface area contributed by atoms with Crippen molar-refractivity contribution in [1.82, 2.24) is 0 Å². The van der Waals surface area contributed by atoms with Crippen LogP contribution in [0, 0.1) is 5.92 Å². The Bertz CT molecular complexity index is 667. The van der Waals surface area contributed by atoms with Gasteiger partial charge in [-0.2, -0.15) is 0 Å². The topological polar surface area (TPSA) is 72.9 Å². The molecule has 1 aromatic carbocycles. The highest BCUT2D eigenvalue weighted by Gasteiger charge is 2.35. The average Bonchev–Trinajstić information content (AvgIpc) is 2.57. The van der Waals surface area contributed by atoms with Gasteiger partial charge in [0, 0.05) is 18.0 Å². The lowest BCUT2D eigenvalue weighted by Gasteiger charge is -2.32. The largest absolute Gasteiger partial charge is 0.462 e. The summed E-state index contributed by atoms with van der Waals surface area (Å²) in [5.41, 5.74) is 1.06. The SMILES string of the molecule is C=CCC1CN(C(=O)OCC)c2ccc(C(=O)OCC)cc2C1=O. The molecule has 0 saturated carbocycles. The zero-order valence-electron chi connectivity index (χ0n) is 13.9. The smallest absolute Gasteiger partial charge is 0.414 e. The van der Waals surface area contributed by atoms with E-state index in [2.05, 4.69) is 6.58 Å². The number of anilines is 1. The summed E-state index contributed by atoms with van der Waals surface area (Å²) in [7, 11) is 0. The fourth-order valence-corrected chi connectivity index (χ4v) is 2.69. The summed E-state index contributed by atoms with van der Waals surface area (Å²) >= 11 is 0. The number of esters is 1. The van der Waals surface area contributed by atoms with Crippen molar-refractivity contribution in [2.24, 2.45) is 5.92 Å². The van der Waals surface area contributed by atoms with Gasteiger partial charge < -0.3 is 9.47 Å². The number of ketones is 1. The first kappa shape index (κ1) is 17.7. The second kappa shape index (κ2) is 7.77. The quantitative estimate of drug-likeness (QED) is 0.612. The number of allylic oxidation sites excluding steroid dienone is 1. The molecule has 128 valence electrons. The van der Waals surface area contributed by atoms with Crippen molar-refractivity contribution < 1.29 is 23.9 Å². The minimum Gasteiger partial charge on any atom is -0.462 e. The van der Waals surface area contributed by atoms with E-state index in [1.807, 2.05) is 0 Å². The molecular weight excluding hydrogens is 310 g/mol. The maximum Gasteiger partial charge on any atom is 0.414 e. The van der Waals surface area contributed by atoms with Crippen LogP contribution in [0.5, 0.6) is 0 Å². The first-order chi connectivity index (χ1) is 11.5. The number of amides is 1. The van der Waals surface area contributed by atoms with E-state index >= 15 is 0 Å². The van der Waals surface area contributed by atoms with Crippen molar-refractivity contribution in [2.45, 2.75) is 20.3 Å². The zero-order valence-corrected chi connectivity index (χ0v) is 13.9. The molecule has 0 bridgehead atoms. The monoisotopic (exact) mass is 331 g/mol. The summed E-state index contributed by atoms with van der Waals surface area (Å²) in [6.45, 7) is 7.82. The molecule has 6 nitrogen and oxygen atoms in total. The Labute approximate surface area is 141 Å². The molecule has 1 heterocycles. The zero-order chi connectivity index (χ0) is 17.7. The van der Waals surface area contributed by atoms with Crippen LogP contribution in [0.15, 0.2) is 30.9 Å². The number of rotatable bonds is 5. The summed E-state index contributed by atoms with van der Waals surface area (Å²) in [6, 6.07) is 4.61. The summed E-state index contributed by atoms with van der Waals surface area (Å²) in [5, 5.41) is 0. The summed E-state index contributed by atoms with van der Waals surface area (Å²) in [6.07, 6.45) is 1.58. The van der Waals surface area contributed by atoms with Crippen molar-refractivity contribution in [3.63, 3.8) is 0 Å². The Balaban J connectivity index is 2.45. The normalized spacial score (nSPS) is 16.3. The maximum atomic E-state index is 12.7. The molecule has 1 aromatic rings. The molecule has 0 aromatic heterocycles. The molecule has 1 unspecified atom stereocenters. The van der Waals surface area contributed by atoms with Gasteiger partial charge in [-0.25, -0.2) is 9.59 Å². The lowest BCUT2D eigenvalue weighted by Crippen LogP contribution is -2.43. The first-order valence-electron chi connectivity index (χ1n) is 7.94. The maximum absolute atomic E-state index is 12.7. The standard InChI is InChI=1S/C18H21NO5/c1-4-7-13-11-19(18(22)24-6-3)15-9-8-12(17(21)23-5-2)10-14(15)16(13)20/h4,8-10,13H,1,5-7,11H2,2-3H3. The molecule has 0 fully saturated rings. The number of benzene rings is 1. The van der Waals surface area contributed by atoms with Crippen LogP contribution in [-0.4, -0.2) is 37.6 Å². The molecule has 1 aliphatic heterocycles. The van der Waals surface area contributed by atoms with Crippen molar-refractivity contribution in [3.8, 4) is 0 Å². The highest BCUT2D eigenvalue weighted by Crippen LogP contribution is 2.32. The van der Waals surface area contributed by atoms with Gasteiger partial charge >= 0.3 is 12.1 Å². The van der Waals surface area contributed by atoms with E-state index in [0.717, 1.165) is 0 Å². The molecule has 1 aliphatic rings. The molecule has 0 radical (unpaired) electrons. The third-order valence-electron chi connectivity index (χ3n) is 3.78. The number of carbonyl (C=O) groups is 3. The third kappa shape index (κ3) is 3.48. The van der Waals surface area contributed by atoms with Gasteiger partial charge in [0.25, 0.3) is 0 Å². The molecule has 1 amide bonds. The van der Waals surface area contributed by atoms with Crippen LogP contribution < -0.4 is 4.90 Å². The number of carbonyl (C=O) groups excluding carboxylic acids is 3. The lowest BCUT2D eigenvalue weighted by molar-refractivity contribution is 0.0526. The molecule has 0 aliphatic carbocycles. The predicted octanol–water partition coefficient (Wildman–Crippen LogP) is 3.21. The second-order valence-corrected chi connectivity index (χ2v) is 5.35. The average molecular weight is 331 g/mol. The van der Waals surface area contributed by atoms with E-state index in [9.17, 15) is 14.4 Å². The molecular formula is C18H21NO5. The Morgan fingerprint density at radius 1 is 1.29 bits per heavy atom. The van der Waals surface area contributed by atoms with Gasteiger partial charge in [0.1, 0.15) is 0 Å². The summed E-state index contributed by atoms with van der Waals surface area (Å²) in [5.74, 6) is -1.02. The molecule has 24 heavy (non-hydrogen) atoms. The van der Waals surface area contributed by atoms with E-state index in [1.165, 1.54) is 11.0 Å². The van der Waals surface area contributed by atoms with Crippen LogP contribution in [0.4, 0.5) is 10.5 Å². The van der Waals surface area contributed by atoms with Gasteiger partial charge in [-0.1, -0.05) is 6.08 Å². The van der Waals surface area contributed by atoms with Crippen LogP contribution in [0.25, 0.3) is 0 Å². The van der Waals surface area contributed by atoms with Crippen LogP contribution in [0.2, 0.25) is 0 Å². The summed E-state index contributed by atoms with van der Waals surface area (Å²) < 4.78 is 10.0. The van der Waals surface area contributed by atoms with Crippen LogP contribution >= 0.6 is 0 Å². The minimum atomic E-state index is -0.510. The van der Waals surface area contributed by atoms with Crippen LogP contribution in [0.3, 0.4) is 0 Å². The molecule has 1 atom stereocenters. The highest BCUT2D eigenvalue weighted by molar-refractivity contribution is 6.10. The van der Waals surface area contributed by atoms with E-state index in [0.29, 0.717) is 17.7 Å². The number of fused-ring (bicyclic) bond motifs is 1. The first-order valence-corrected chi connectivity index (χ1v) is 7.94. The fraction of sp³-hybridized carbons (Fsp3) is 0.389. The van der Waals surface area contributed by atoms with E-state index < -0.39 is 18.0 Å². The van der Waals surface area contributed by atoms with Gasteiger partial charge in [0.05, 0.1) is 24.5 Å². The van der Waals surface area contributed by atoms with Crippen molar-refractivity contribution >= 4 is 23.5 Å². The number of Topliss-reactive ketones (excluding diaryl/α,β-unsaturated/α-hetero) is 1. The number of ether oxygens (including phenoxy) is 2. The van der Waals surface area contributed by atoms with Crippen molar-refractivity contribution in [3.05, 3.63) is 42.0 Å². The highest BCUT2D eigenvalue weighted by atomic mass is 16.6. The van der Waals surface area contributed by atoms with Gasteiger partial charge in [0.2, 0.25) is 0 Å². The van der Waals surface area contributed by atoms with Crippen molar-refractivity contribution in [2.75, 3.05) is 24.7 Å². The van der Waals surface area contributed by atoms with Gasteiger partial charge in [-0.05, 0) is 38.5 Å². The molecule has 0 saturated heterocycles. The van der Waals surface area contributed by atoms with Crippen LogP contribution in [0.1, 0.15) is 41.0 Å². The minimum absolute atomic E-state index is 0.114. The van der Waals surface area contributed by atoms with Crippen molar-refractivity contribution in [1.29, 1.82) is 0 Å². The Morgan fingerprint density at radius 2 is 2.00 bits per heavy atom. The van der Waals surface area contributed by atoms with Crippen LogP contribution in [-0.2, 0) is 9.47 Å². The molecule has 6 heteroatoms. The van der Waals surface area contributed by atoms with E-state index in [1.54, 1.807) is 32.1 Å². The number of hydrogen-bond donors (Lipinski definition) is 0. The number of hydrogen-bond acceptors (Lipinski definition) is 5. The molecule has 0 spiro atoms. The third-order valence-corrected chi connectivity index (χ3v) is 3.78. The Kier molecular flexibility index (Phi) is 5.73. The van der Waals surface area contributed by atoms with E-state index in [4.69, 9.17) is 9.47 Å². The van der Waals surface area contributed by atoms with E-state index in [-0.39, 0.29) is 31.1 Å². The summed E-state index contributed by atoms with van der Waals surface area (Å²) in [4.78, 5) is 38.2. The van der Waals surface area contributed by atoms with Gasteiger partial charge in [-0.15, -0.1) is 6.58 Å². The van der Waals surface area contributed by atoms with Gasteiger partial charge in [-0.3, -0.25) is 9.69 Å².